The summed E-state index contributed by atoms with van der Waals surface area (Å²) in [5, 5.41) is 0. The van der Waals surface area contributed by atoms with Crippen LogP contribution in [0.25, 0.3) is 0 Å². The third-order valence-corrected chi connectivity index (χ3v) is 3.70. The maximum atomic E-state index is 12.4. The molecule has 104 valence electrons. The maximum absolute atomic E-state index is 12.4. The van der Waals surface area contributed by atoms with Crippen molar-refractivity contribution in [1.29, 1.82) is 0 Å². The fraction of sp³-hybridized carbons (Fsp3) is 0.267. The quantitative estimate of drug-likeness (QED) is 0.784. The highest BCUT2D eigenvalue weighted by Gasteiger charge is 2.20. The van der Waals surface area contributed by atoms with Gasteiger partial charge in [0.05, 0.1) is 13.2 Å². The Balaban J connectivity index is 2.01. The van der Waals surface area contributed by atoms with Gasteiger partial charge in [0.2, 0.25) is 5.78 Å². The Hall–Kier alpha value is -1.75. The molecule has 0 amide bonds. The average Bonchev–Trinajstić information content (AvgIpc) is 2.73. The molecule has 0 radical (unpaired) electrons. The first-order valence-corrected chi connectivity index (χ1v) is 7.15. The SMILES string of the molecule is Cc1ccc(C(=O)c2cc3c(cc2Br)OCCCO3)o1. The van der Waals surface area contributed by atoms with Gasteiger partial charge in [0.1, 0.15) is 5.76 Å². The van der Waals surface area contributed by atoms with Gasteiger partial charge in [-0.05, 0) is 47.1 Å². The topological polar surface area (TPSA) is 48.7 Å². The molecule has 0 N–H and O–H groups in total. The summed E-state index contributed by atoms with van der Waals surface area (Å²) in [6, 6.07) is 6.91. The summed E-state index contributed by atoms with van der Waals surface area (Å²) in [6.45, 7) is 3.01. The van der Waals surface area contributed by atoms with Crippen molar-refractivity contribution in [3.05, 3.63) is 45.8 Å². The van der Waals surface area contributed by atoms with E-state index in [9.17, 15) is 4.79 Å². The molecule has 1 aliphatic heterocycles. The van der Waals surface area contributed by atoms with Crippen molar-refractivity contribution in [3.8, 4) is 11.5 Å². The van der Waals surface area contributed by atoms with Gasteiger partial charge in [0, 0.05) is 16.5 Å². The molecule has 2 heterocycles. The fourth-order valence-electron chi connectivity index (χ4n) is 2.05. The number of rotatable bonds is 2. The highest BCUT2D eigenvalue weighted by molar-refractivity contribution is 9.10. The number of furan rings is 1. The lowest BCUT2D eigenvalue weighted by Gasteiger charge is -2.10. The third-order valence-electron chi connectivity index (χ3n) is 3.05. The molecule has 4 nitrogen and oxygen atoms in total. The number of fused-ring (bicyclic) bond motifs is 1. The van der Waals surface area contributed by atoms with Crippen LogP contribution < -0.4 is 9.47 Å². The first-order chi connectivity index (χ1) is 9.65. The van der Waals surface area contributed by atoms with Gasteiger partial charge in [-0.1, -0.05) is 0 Å². The highest BCUT2D eigenvalue weighted by atomic mass is 79.9. The van der Waals surface area contributed by atoms with Crippen LogP contribution in [0.1, 0.15) is 28.3 Å². The summed E-state index contributed by atoms with van der Waals surface area (Å²) < 4.78 is 17.2. The second kappa shape index (κ2) is 5.32. The molecule has 0 saturated carbocycles. The minimum atomic E-state index is -0.180. The summed E-state index contributed by atoms with van der Waals surface area (Å²) >= 11 is 3.41. The van der Waals surface area contributed by atoms with Crippen LogP contribution in [0.4, 0.5) is 0 Å². The van der Waals surface area contributed by atoms with Crippen LogP contribution in [0.3, 0.4) is 0 Å². The van der Waals surface area contributed by atoms with Crippen LogP contribution >= 0.6 is 15.9 Å². The fourth-order valence-corrected chi connectivity index (χ4v) is 2.55. The molecular weight excluding hydrogens is 324 g/mol. The van der Waals surface area contributed by atoms with Gasteiger partial charge in [-0.2, -0.15) is 0 Å². The number of halogens is 1. The summed E-state index contributed by atoms with van der Waals surface area (Å²) in [4.78, 5) is 12.4. The lowest BCUT2D eigenvalue weighted by atomic mass is 10.1. The highest BCUT2D eigenvalue weighted by Crippen LogP contribution is 2.36. The third kappa shape index (κ3) is 2.45. The Morgan fingerprint density at radius 3 is 2.50 bits per heavy atom. The summed E-state index contributed by atoms with van der Waals surface area (Å²) in [5.74, 6) is 2.09. The molecule has 0 saturated heterocycles. The van der Waals surface area contributed by atoms with Crippen LogP contribution in [0.15, 0.2) is 33.2 Å². The second-order valence-electron chi connectivity index (χ2n) is 4.57. The first-order valence-electron chi connectivity index (χ1n) is 6.35. The van der Waals surface area contributed by atoms with E-state index in [0.29, 0.717) is 46.3 Å². The van der Waals surface area contributed by atoms with Crippen molar-refractivity contribution in [2.24, 2.45) is 0 Å². The molecule has 2 aromatic rings. The minimum absolute atomic E-state index is 0.180. The number of ether oxygens (including phenoxy) is 2. The van der Waals surface area contributed by atoms with E-state index in [1.54, 1.807) is 31.2 Å². The number of aryl methyl sites for hydroxylation is 1. The molecule has 0 bridgehead atoms. The summed E-state index contributed by atoms with van der Waals surface area (Å²) in [6.07, 6.45) is 0.826. The van der Waals surface area contributed by atoms with E-state index in [2.05, 4.69) is 15.9 Å². The second-order valence-corrected chi connectivity index (χ2v) is 5.42. The van der Waals surface area contributed by atoms with Crippen molar-refractivity contribution >= 4 is 21.7 Å². The molecule has 1 aromatic carbocycles. The van der Waals surface area contributed by atoms with Gasteiger partial charge >= 0.3 is 0 Å². The van der Waals surface area contributed by atoms with Crippen LogP contribution in [0.5, 0.6) is 11.5 Å². The molecule has 3 rings (SSSR count). The van der Waals surface area contributed by atoms with E-state index in [4.69, 9.17) is 13.9 Å². The van der Waals surface area contributed by atoms with Crippen LogP contribution in [0.2, 0.25) is 0 Å². The Morgan fingerprint density at radius 2 is 1.85 bits per heavy atom. The molecule has 0 unspecified atom stereocenters. The minimum Gasteiger partial charge on any atom is -0.490 e. The van der Waals surface area contributed by atoms with Gasteiger partial charge in [-0.3, -0.25) is 4.79 Å². The molecular formula is C15H13BrO4. The molecule has 20 heavy (non-hydrogen) atoms. The van der Waals surface area contributed by atoms with Crippen molar-refractivity contribution in [1.82, 2.24) is 0 Å². The van der Waals surface area contributed by atoms with Crippen molar-refractivity contribution < 1.29 is 18.7 Å². The predicted octanol–water partition coefficient (Wildman–Crippen LogP) is 3.74. The van der Waals surface area contributed by atoms with E-state index in [1.807, 2.05) is 0 Å². The molecule has 5 heteroatoms. The predicted molar refractivity (Wildman–Crippen MR) is 76.6 cm³/mol. The van der Waals surface area contributed by atoms with Crippen LogP contribution in [0, 0.1) is 6.92 Å². The van der Waals surface area contributed by atoms with Gasteiger partial charge in [-0.15, -0.1) is 0 Å². The number of hydrogen-bond donors (Lipinski definition) is 0. The Kier molecular flexibility index (Phi) is 3.53. The van der Waals surface area contributed by atoms with E-state index < -0.39 is 0 Å². The van der Waals surface area contributed by atoms with Gasteiger partial charge in [-0.25, -0.2) is 0 Å². The normalized spacial score (nSPS) is 13.9. The Morgan fingerprint density at radius 1 is 1.15 bits per heavy atom. The van der Waals surface area contributed by atoms with E-state index >= 15 is 0 Å². The summed E-state index contributed by atoms with van der Waals surface area (Å²) in [5.41, 5.74) is 0.503. The molecule has 0 aliphatic carbocycles. The standard InChI is InChI=1S/C15H13BrO4/c1-9-3-4-12(20-9)15(17)10-7-13-14(8-11(10)16)19-6-2-5-18-13/h3-4,7-8H,2,5-6H2,1H3. The van der Waals surface area contributed by atoms with E-state index in [-0.39, 0.29) is 5.78 Å². The summed E-state index contributed by atoms with van der Waals surface area (Å²) in [7, 11) is 0. The Bertz CT molecular complexity index is 660. The van der Waals surface area contributed by atoms with Crippen molar-refractivity contribution in [2.45, 2.75) is 13.3 Å². The lowest BCUT2D eigenvalue weighted by molar-refractivity contribution is 0.101. The average molecular weight is 337 g/mol. The van der Waals surface area contributed by atoms with Crippen molar-refractivity contribution in [2.75, 3.05) is 13.2 Å². The zero-order chi connectivity index (χ0) is 14.1. The van der Waals surface area contributed by atoms with E-state index in [0.717, 1.165) is 6.42 Å². The Labute approximate surface area is 124 Å². The smallest absolute Gasteiger partial charge is 0.229 e. The number of ketones is 1. The first kappa shape index (κ1) is 13.2. The van der Waals surface area contributed by atoms with Crippen LogP contribution in [-0.2, 0) is 0 Å². The molecule has 1 aliphatic rings. The van der Waals surface area contributed by atoms with Crippen molar-refractivity contribution in [3.63, 3.8) is 0 Å². The number of benzene rings is 1. The van der Waals surface area contributed by atoms with Gasteiger partial charge < -0.3 is 13.9 Å². The van der Waals surface area contributed by atoms with Gasteiger partial charge in [0.25, 0.3) is 0 Å². The monoisotopic (exact) mass is 336 g/mol. The largest absolute Gasteiger partial charge is 0.490 e. The zero-order valence-corrected chi connectivity index (χ0v) is 12.5. The molecule has 1 aromatic heterocycles. The number of carbonyl (C=O) groups is 1. The lowest BCUT2D eigenvalue weighted by Crippen LogP contribution is -2.02. The number of carbonyl (C=O) groups excluding carboxylic acids is 1. The van der Waals surface area contributed by atoms with Gasteiger partial charge in [0.15, 0.2) is 17.3 Å². The molecule has 0 atom stereocenters. The number of hydrogen-bond acceptors (Lipinski definition) is 4. The van der Waals surface area contributed by atoms with E-state index in [1.165, 1.54) is 0 Å². The van der Waals surface area contributed by atoms with Crippen LogP contribution in [-0.4, -0.2) is 19.0 Å². The molecule has 0 fully saturated rings. The zero-order valence-electron chi connectivity index (χ0n) is 10.9. The molecule has 0 spiro atoms. The maximum Gasteiger partial charge on any atom is 0.229 e.